The summed E-state index contributed by atoms with van der Waals surface area (Å²) in [6.07, 6.45) is 1.13. The SMILES string of the molecule is C=CC(=O)OC(C)(C)C(C)(C)N. The Kier molecular flexibility index (Phi) is 3.04. The van der Waals surface area contributed by atoms with Crippen molar-refractivity contribution in [3.8, 4) is 0 Å². The first kappa shape index (κ1) is 11.2. The Morgan fingerprint density at radius 2 is 1.83 bits per heavy atom. The maximum absolute atomic E-state index is 10.9. The molecule has 0 aliphatic rings. The molecule has 0 aromatic rings. The fourth-order valence-electron chi connectivity index (χ4n) is 0.425. The molecule has 70 valence electrons. The Morgan fingerprint density at radius 3 is 2.08 bits per heavy atom. The van der Waals surface area contributed by atoms with Crippen LogP contribution < -0.4 is 5.73 Å². The number of carbonyl (C=O) groups is 1. The zero-order chi connectivity index (χ0) is 9.99. The van der Waals surface area contributed by atoms with E-state index in [2.05, 4.69) is 6.58 Å². The summed E-state index contributed by atoms with van der Waals surface area (Å²) < 4.78 is 5.07. The van der Waals surface area contributed by atoms with Gasteiger partial charge in [-0.05, 0) is 27.7 Å². The van der Waals surface area contributed by atoms with Gasteiger partial charge in [0.15, 0.2) is 0 Å². The van der Waals surface area contributed by atoms with Gasteiger partial charge in [0.05, 0.1) is 0 Å². The lowest BCUT2D eigenvalue weighted by Crippen LogP contribution is -2.54. The quantitative estimate of drug-likeness (QED) is 0.513. The lowest BCUT2D eigenvalue weighted by molar-refractivity contribution is -0.155. The molecule has 0 spiro atoms. The summed E-state index contributed by atoms with van der Waals surface area (Å²) in [5.41, 5.74) is 4.56. The predicted molar refractivity (Wildman–Crippen MR) is 48.6 cm³/mol. The summed E-state index contributed by atoms with van der Waals surface area (Å²) in [6, 6.07) is 0. The van der Waals surface area contributed by atoms with E-state index >= 15 is 0 Å². The molecule has 0 aliphatic carbocycles. The first-order valence-electron chi connectivity index (χ1n) is 3.85. The van der Waals surface area contributed by atoms with E-state index in [0.717, 1.165) is 6.08 Å². The van der Waals surface area contributed by atoms with Crippen LogP contribution in [-0.4, -0.2) is 17.1 Å². The minimum atomic E-state index is -0.682. The van der Waals surface area contributed by atoms with Crippen LogP contribution in [-0.2, 0) is 9.53 Å². The van der Waals surface area contributed by atoms with Crippen LogP contribution in [0.3, 0.4) is 0 Å². The monoisotopic (exact) mass is 171 g/mol. The second-order valence-corrected chi connectivity index (χ2v) is 3.86. The summed E-state index contributed by atoms with van der Waals surface area (Å²) in [5, 5.41) is 0. The molecule has 0 fully saturated rings. The molecule has 2 N–H and O–H groups in total. The van der Waals surface area contributed by atoms with E-state index in [0.29, 0.717) is 0 Å². The number of esters is 1. The van der Waals surface area contributed by atoms with E-state index in [1.54, 1.807) is 13.8 Å². The molecule has 0 bridgehead atoms. The van der Waals surface area contributed by atoms with Crippen LogP contribution in [0.15, 0.2) is 12.7 Å². The zero-order valence-corrected chi connectivity index (χ0v) is 8.18. The van der Waals surface area contributed by atoms with Crippen molar-refractivity contribution >= 4 is 5.97 Å². The standard InChI is InChI=1S/C9H17NO2/c1-6-7(11)12-9(4,5)8(2,3)10/h6H,1,10H2,2-5H3. The summed E-state index contributed by atoms with van der Waals surface area (Å²) in [4.78, 5) is 10.9. The summed E-state index contributed by atoms with van der Waals surface area (Å²) in [5.74, 6) is -0.446. The molecule has 0 atom stereocenters. The highest BCUT2D eigenvalue weighted by Gasteiger charge is 2.36. The van der Waals surface area contributed by atoms with Crippen molar-refractivity contribution in [2.75, 3.05) is 0 Å². The summed E-state index contributed by atoms with van der Waals surface area (Å²) >= 11 is 0. The molecule has 0 unspecified atom stereocenters. The molecule has 0 saturated heterocycles. The second kappa shape index (κ2) is 3.27. The Balaban J connectivity index is 4.43. The molecule has 12 heavy (non-hydrogen) atoms. The number of rotatable bonds is 3. The van der Waals surface area contributed by atoms with Crippen molar-refractivity contribution in [3.05, 3.63) is 12.7 Å². The smallest absolute Gasteiger partial charge is 0.330 e. The van der Waals surface area contributed by atoms with Crippen molar-refractivity contribution in [1.29, 1.82) is 0 Å². The van der Waals surface area contributed by atoms with Crippen molar-refractivity contribution in [2.24, 2.45) is 5.73 Å². The molecule has 0 rings (SSSR count). The first-order valence-corrected chi connectivity index (χ1v) is 3.85. The van der Waals surface area contributed by atoms with Crippen LogP contribution in [0.25, 0.3) is 0 Å². The molecular formula is C9H17NO2. The third-order valence-corrected chi connectivity index (χ3v) is 2.07. The number of ether oxygens (including phenoxy) is 1. The highest BCUT2D eigenvalue weighted by Crippen LogP contribution is 2.22. The number of nitrogens with two attached hydrogens (primary N) is 1. The van der Waals surface area contributed by atoms with Crippen molar-refractivity contribution in [3.63, 3.8) is 0 Å². The molecule has 0 aromatic carbocycles. The van der Waals surface area contributed by atoms with Crippen LogP contribution in [0.2, 0.25) is 0 Å². The van der Waals surface area contributed by atoms with Crippen LogP contribution >= 0.6 is 0 Å². The van der Waals surface area contributed by atoms with Gasteiger partial charge in [-0.3, -0.25) is 0 Å². The van der Waals surface area contributed by atoms with E-state index < -0.39 is 17.1 Å². The zero-order valence-electron chi connectivity index (χ0n) is 8.18. The fraction of sp³-hybridized carbons (Fsp3) is 0.667. The van der Waals surface area contributed by atoms with E-state index in [-0.39, 0.29) is 0 Å². The average Bonchev–Trinajstić information content (AvgIpc) is 1.84. The van der Waals surface area contributed by atoms with E-state index in [1.165, 1.54) is 0 Å². The van der Waals surface area contributed by atoms with Gasteiger partial charge in [0, 0.05) is 11.6 Å². The number of hydrogen-bond acceptors (Lipinski definition) is 3. The van der Waals surface area contributed by atoms with Gasteiger partial charge in [-0.25, -0.2) is 4.79 Å². The lowest BCUT2D eigenvalue weighted by Gasteiger charge is -2.37. The van der Waals surface area contributed by atoms with Crippen LogP contribution in [0.1, 0.15) is 27.7 Å². The van der Waals surface area contributed by atoms with Gasteiger partial charge in [0.25, 0.3) is 0 Å². The Labute approximate surface area is 73.6 Å². The van der Waals surface area contributed by atoms with Gasteiger partial charge in [-0.2, -0.15) is 0 Å². The highest BCUT2D eigenvalue weighted by atomic mass is 16.6. The van der Waals surface area contributed by atoms with Gasteiger partial charge >= 0.3 is 5.97 Å². The molecule has 0 saturated carbocycles. The third-order valence-electron chi connectivity index (χ3n) is 2.07. The molecule has 0 amide bonds. The molecule has 0 aliphatic heterocycles. The normalized spacial score (nSPS) is 12.4. The molecule has 0 aromatic heterocycles. The van der Waals surface area contributed by atoms with E-state index in [4.69, 9.17) is 10.5 Å². The third kappa shape index (κ3) is 2.66. The minimum absolute atomic E-state index is 0.446. The molecule has 3 nitrogen and oxygen atoms in total. The molecule has 0 radical (unpaired) electrons. The number of hydrogen-bond donors (Lipinski definition) is 1. The average molecular weight is 171 g/mol. The van der Waals surface area contributed by atoms with Crippen LogP contribution in [0.4, 0.5) is 0 Å². The summed E-state index contributed by atoms with van der Waals surface area (Å²) in [7, 11) is 0. The van der Waals surface area contributed by atoms with Gasteiger partial charge in [0.2, 0.25) is 0 Å². The largest absolute Gasteiger partial charge is 0.455 e. The molecular weight excluding hydrogens is 154 g/mol. The van der Waals surface area contributed by atoms with Crippen LogP contribution in [0.5, 0.6) is 0 Å². The Bertz CT molecular complexity index is 189. The fourth-order valence-corrected chi connectivity index (χ4v) is 0.425. The maximum atomic E-state index is 10.9. The minimum Gasteiger partial charge on any atom is -0.455 e. The summed E-state index contributed by atoms with van der Waals surface area (Å²) in [6.45, 7) is 10.5. The van der Waals surface area contributed by atoms with Gasteiger partial charge in [-0.1, -0.05) is 6.58 Å². The van der Waals surface area contributed by atoms with Gasteiger partial charge < -0.3 is 10.5 Å². The predicted octanol–water partition coefficient (Wildman–Crippen LogP) is 1.23. The number of carbonyl (C=O) groups excluding carboxylic acids is 1. The van der Waals surface area contributed by atoms with Gasteiger partial charge in [-0.15, -0.1) is 0 Å². The topological polar surface area (TPSA) is 52.3 Å². The first-order chi connectivity index (χ1) is 5.20. The second-order valence-electron chi connectivity index (χ2n) is 3.86. The van der Waals surface area contributed by atoms with Crippen molar-refractivity contribution in [1.82, 2.24) is 0 Å². The maximum Gasteiger partial charge on any atom is 0.330 e. The van der Waals surface area contributed by atoms with Crippen LogP contribution in [0, 0.1) is 0 Å². The van der Waals surface area contributed by atoms with Crippen molar-refractivity contribution < 1.29 is 9.53 Å². The van der Waals surface area contributed by atoms with E-state index in [9.17, 15) is 4.79 Å². The Hall–Kier alpha value is -0.830. The van der Waals surface area contributed by atoms with Crippen molar-refractivity contribution in [2.45, 2.75) is 38.8 Å². The highest BCUT2D eigenvalue weighted by molar-refractivity contribution is 5.81. The Morgan fingerprint density at radius 1 is 1.42 bits per heavy atom. The molecule has 3 heteroatoms. The van der Waals surface area contributed by atoms with Gasteiger partial charge in [0.1, 0.15) is 5.60 Å². The molecule has 0 heterocycles. The lowest BCUT2D eigenvalue weighted by atomic mass is 9.87. The van der Waals surface area contributed by atoms with E-state index in [1.807, 2.05) is 13.8 Å².